The topological polar surface area (TPSA) is 52.1 Å². The zero-order valence-corrected chi connectivity index (χ0v) is 5.44. The Labute approximate surface area is 57.9 Å². The van der Waals surface area contributed by atoms with Gasteiger partial charge in [0.25, 0.3) is 6.47 Å². The van der Waals surface area contributed by atoms with Gasteiger partial charge in [0.2, 0.25) is 5.88 Å². The van der Waals surface area contributed by atoms with Crippen molar-refractivity contribution in [1.29, 1.82) is 0 Å². The van der Waals surface area contributed by atoms with E-state index in [2.05, 4.69) is 14.7 Å². The highest BCUT2D eigenvalue weighted by atomic mass is 16.5. The Morgan fingerprint density at radius 3 is 3.10 bits per heavy atom. The van der Waals surface area contributed by atoms with E-state index < -0.39 is 0 Å². The molecule has 0 radical (unpaired) electrons. The van der Waals surface area contributed by atoms with Crippen molar-refractivity contribution < 1.29 is 9.53 Å². The van der Waals surface area contributed by atoms with Crippen LogP contribution < -0.4 is 4.74 Å². The van der Waals surface area contributed by atoms with Gasteiger partial charge >= 0.3 is 0 Å². The molecule has 0 fully saturated rings. The average Bonchev–Trinajstić information content (AvgIpc) is 1.88. The van der Waals surface area contributed by atoms with Crippen LogP contribution in [0.2, 0.25) is 0 Å². The monoisotopic (exact) mass is 138 g/mol. The molecule has 0 N–H and O–H groups in total. The van der Waals surface area contributed by atoms with E-state index in [0.29, 0.717) is 12.3 Å². The van der Waals surface area contributed by atoms with Gasteiger partial charge in [-0.2, -0.15) is 4.98 Å². The number of carbonyl (C=O) groups is 1. The van der Waals surface area contributed by atoms with Gasteiger partial charge in [0, 0.05) is 12.3 Å². The van der Waals surface area contributed by atoms with Crippen molar-refractivity contribution in [3.05, 3.63) is 18.1 Å². The van der Waals surface area contributed by atoms with E-state index in [9.17, 15) is 4.79 Å². The Kier molecular flexibility index (Phi) is 1.94. The van der Waals surface area contributed by atoms with Crippen molar-refractivity contribution >= 4 is 6.47 Å². The summed E-state index contributed by atoms with van der Waals surface area (Å²) in [6.07, 6.45) is 1.53. The minimum absolute atomic E-state index is 0.280. The van der Waals surface area contributed by atoms with Crippen molar-refractivity contribution in [3.8, 4) is 5.88 Å². The fraction of sp³-hybridized carbons (Fsp3) is 0.167. The molecule has 0 atom stereocenters. The largest absolute Gasteiger partial charge is 0.410 e. The predicted octanol–water partition coefficient (Wildman–Crippen LogP) is 0.320. The third-order valence-corrected chi connectivity index (χ3v) is 0.919. The molecule has 52 valence electrons. The Hall–Kier alpha value is -1.45. The van der Waals surface area contributed by atoms with E-state index in [0.717, 1.165) is 0 Å². The van der Waals surface area contributed by atoms with Gasteiger partial charge in [-0.3, -0.25) is 4.79 Å². The van der Waals surface area contributed by atoms with E-state index in [1.54, 1.807) is 6.92 Å². The van der Waals surface area contributed by atoms with Crippen LogP contribution >= 0.6 is 0 Å². The van der Waals surface area contributed by atoms with Gasteiger partial charge < -0.3 is 4.74 Å². The van der Waals surface area contributed by atoms with Crippen LogP contribution in [-0.4, -0.2) is 16.4 Å². The lowest BCUT2D eigenvalue weighted by Crippen LogP contribution is -1.94. The first kappa shape index (κ1) is 6.67. The molecule has 0 amide bonds. The first-order valence-corrected chi connectivity index (χ1v) is 2.73. The molecule has 4 heteroatoms. The van der Waals surface area contributed by atoms with Crippen molar-refractivity contribution in [1.82, 2.24) is 9.97 Å². The quantitative estimate of drug-likeness (QED) is 0.552. The Balaban J connectivity index is 2.84. The highest BCUT2D eigenvalue weighted by molar-refractivity contribution is 5.42. The number of ether oxygens (including phenoxy) is 1. The maximum Gasteiger partial charge on any atom is 0.299 e. The number of aromatic nitrogens is 2. The second-order valence-corrected chi connectivity index (χ2v) is 1.66. The summed E-state index contributed by atoms with van der Waals surface area (Å²) in [5, 5.41) is 0. The lowest BCUT2D eigenvalue weighted by Gasteiger charge is -1.94. The summed E-state index contributed by atoms with van der Waals surface area (Å²) >= 11 is 0. The van der Waals surface area contributed by atoms with Crippen molar-refractivity contribution in [3.63, 3.8) is 0 Å². The molecule has 0 saturated carbocycles. The van der Waals surface area contributed by atoms with Crippen LogP contribution in [0.25, 0.3) is 0 Å². The molecular weight excluding hydrogens is 132 g/mol. The summed E-state index contributed by atoms with van der Waals surface area (Å²) in [6.45, 7) is 2.05. The standard InChI is InChI=1S/C6H6N2O2/c1-5-7-3-2-6(8-5)10-4-9/h2-4H,1H3. The smallest absolute Gasteiger partial charge is 0.299 e. The third kappa shape index (κ3) is 1.51. The molecule has 0 bridgehead atoms. The van der Waals surface area contributed by atoms with Crippen LogP contribution in [0.1, 0.15) is 5.82 Å². The Morgan fingerprint density at radius 1 is 1.70 bits per heavy atom. The molecular formula is C6H6N2O2. The molecule has 1 heterocycles. The number of carbonyl (C=O) groups excluding carboxylic acids is 1. The van der Waals surface area contributed by atoms with E-state index in [1.165, 1.54) is 12.3 Å². The van der Waals surface area contributed by atoms with Crippen LogP contribution in [0.15, 0.2) is 12.3 Å². The van der Waals surface area contributed by atoms with E-state index in [1.807, 2.05) is 0 Å². The summed E-state index contributed by atoms with van der Waals surface area (Å²) in [5.41, 5.74) is 0. The summed E-state index contributed by atoms with van der Waals surface area (Å²) in [4.78, 5) is 17.4. The summed E-state index contributed by atoms with van der Waals surface area (Å²) in [6, 6.07) is 1.52. The highest BCUT2D eigenvalue weighted by Crippen LogP contribution is 2.01. The Bertz CT molecular complexity index is 237. The second kappa shape index (κ2) is 2.91. The van der Waals surface area contributed by atoms with Gasteiger partial charge in [-0.05, 0) is 6.92 Å². The van der Waals surface area contributed by atoms with Gasteiger partial charge in [0.05, 0.1) is 0 Å². The number of hydrogen-bond donors (Lipinski definition) is 0. The lowest BCUT2D eigenvalue weighted by molar-refractivity contribution is -0.120. The molecule has 10 heavy (non-hydrogen) atoms. The molecule has 0 aromatic carbocycles. The van der Waals surface area contributed by atoms with Crippen LogP contribution in [-0.2, 0) is 4.79 Å². The highest BCUT2D eigenvalue weighted by Gasteiger charge is 1.92. The number of hydrogen-bond acceptors (Lipinski definition) is 4. The molecule has 1 aromatic rings. The van der Waals surface area contributed by atoms with Crippen molar-refractivity contribution in [2.75, 3.05) is 0 Å². The molecule has 0 saturated heterocycles. The minimum Gasteiger partial charge on any atom is -0.410 e. The number of aryl methyl sites for hydroxylation is 1. The SMILES string of the molecule is Cc1nccc(OC=O)n1. The van der Waals surface area contributed by atoms with Crippen molar-refractivity contribution in [2.45, 2.75) is 6.92 Å². The zero-order valence-electron chi connectivity index (χ0n) is 5.44. The van der Waals surface area contributed by atoms with E-state index in [4.69, 9.17) is 0 Å². The van der Waals surface area contributed by atoms with Crippen LogP contribution in [0.3, 0.4) is 0 Å². The molecule has 0 aliphatic heterocycles. The maximum atomic E-state index is 9.80. The van der Waals surface area contributed by atoms with Crippen molar-refractivity contribution in [2.24, 2.45) is 0 Å². The summed E-state index contributed by atoms with van der Waals surface area (Å²) in [7, 11) is 0. The normalized spacial score (nSPS) is 8.90. The van der Waals surface area contributed by atoms with Gasteiger partial charge in [-0.15, -0.1) is 0 Å². The fourth-order valence-electron chi connectivity index (χ4n) is 0.549. The molecule has 0 spiro atoms. The van der Waals surface area contributed by atoms with Gasteiger partial charge in [0.15, 0.2) is 0 Å². The number of nitrogens with zero attached hydrogens (tertiary/aromatic N) is 2. The summed E-state index contributed by atoms with van der Waals surface area (Å²) in [5.74, 6) is 0.863. The molecule has 1 aromatic heterocycles. The molecule has 0 aliphatic carbocycles. The second-order valence-electron chi connectivity index (χ2n) is 1.66. The summed E-state index contributed by atoms with van der Waals surface area (Å²) < 4.78 is 4.46. The zero-order chi connectivity index (χ0) is 7.40. The molecule has 0 unspecified atom stereocenters. The van der Waals surface area contributed by atoms with Gasteiger partial charge in [-0.1, -0.05) is 0 Å². The first-order valence-electron chi connectivity index (χ1n) is 2.73. The lowest BCUT2D eigenvalue weighted by atomic mass is 10.6. The number of rotatable bonds is 2. The van der Waals surface area contributed by atoms with Gasteiger partial charge in [0.1, 0.15) is 5.82 Å². The minimum atomic E-state index is 0.280. The van der Waals surface area contributed by atoms with Gasteiger partial charge in [-0.25, -0.2) is 4.98 Å². The third-order valence-electron chi connectivity index (χ3n) is 0.919. The molecule has 1 rings (SSSR count). The first-order chi connectivity index (χ1) is 4.83. The Morgan fingerprint density at radius 2 is 2.50 bits per heavy atom. The molecule has 4 nitrogen and oxygen atoms in total. The molecule has 0 aliphatic rings. The van der Waals surface area contributed by atoms with E-state index in [-0.39, 0.29) is 5.88 Å². The van der Waals surface area contributed by atoms with E-state index >= 15 is 0 Å². The fourth-order valence-corrected chi connectivity index (χ4v) is 0.549. The van der Waals surface area contributed by atoms with Crippen LogP contribution in [0.4, 0.5) is 0 Å². The average molecular weight is 138 g/mol. The predicted molar refractivity (Wildman–Crippen MR) is 33.5 cm³/mol. The van der Waals surface area contributed by atoms with Crippen LogP contribution in [0, 0.1) is 6.92 Å². The maximum absolute atomic E-state index is 9.80. The van der Waals surface area contributed by atoms with Crippen LogP contribution in [0.5, 0.6) is 5.88 Å².